The molecular weight excluding hydrogens is 1030 g/mol. The van der Waals surface area contributed by atoms with Crippen LogP contribution in [0.15, 0.2) is 54.6 Å². The summed E-state index contributed by atoms with van der Waals surface area (Å²) in [6.07, 6.45) is -0.736. The minimum atomic E-state index is -1.05. The van der Waals surface area contributed by atoms with E-state index in [1.807, 2.05) is 45.9 Å². The van der Waals surface area contributed by atoms with Crippen LogP contribution in [0.5, 0.6) is 0 Å². The third kappa shape index (κ3) is 19.4. The molecule has 12 atom stereocenters. The average molecular weight is 1120 g/mol. The maximum atomic E-state index is 14.7. The molecule has 1 aliphatic rings. The number of primary amides is 1. The van der Waals surface area contributed by atoms with Crippen LogP contribution in [-0.2, 0) is 49.6 Å². The second-order valence-corrected chi connectivity index (χ2v) is 22.3. The first kappa shape index (κ1) is 67.9. The molecule has 1 aliphatic heterocycles. The van der Waals surface area contributed by atoms with Crippen LogP contribution < -0.4 is 38.1 Å². The zero-order valence-corrected chi connectivity index (χ0v) is 49.7. The van der Waals surface area contributed by atoms with Gasteiger partial charge in [0.25, 0.3) is 0 Å². The van der Waals surface area contributed by atoms with E-state index in [-0.39, 0.29) is 49.6 Å². The van der Waals surface area contributed by atoms with Crippen molar-refractivity contribution in [3.8, 4) is 0 Å². The van der Waals surface area contributed by atoms with Gasteiger partial charge in [0.05, 0.1) is 54.8 Å². The van der Waals surface area contributed by atoms with Gasteiger partial charge < -0.3 is 67.2 Å². The zero-order valence-electron chi connectivity index (χ0n) is 49.7. The second-order valence-electron chi connectivity index (χ2n) is 22.3. The molecule has 3 rings (SSSR count). The van der Waals surface area contributed by atoms with E-state index >= 15 is 0 Å². The number of amides is 9. The Morgan fingerprint density at radius 2 is 1.41 bits per heavy atom. The van der Waals surface area contributed by atoms with Crippen LogP contribution in [0.3, 0.4) is 0 Å². The van der Waals surface area contributed by atoms with E-state index in [1.165, 1.54) is 26.2 Å². The van der Waals surface area contributed by atoms with Crippen LogP contribution in [0.2, 0.25) is 0 Å². The van der Waals surface area contributed by atoms with Crippen molar-refractivity contribution in [1.29, 1.82) is 0 Å². The molecule has 80 heavy (non-hydrogen) atoms. The Labute approximate surface area is 473 Å². The lowest BCUT2D eigenvalue weighted by molar-refractivity contribution is -0.148. The lowest BCUT2D eigenvalue weighted by Gasteiger charge is -2.41. The number of nitrogens with two attached hydrogens (primary N) is 2. The predicted molar refractivity (Wildman–Crippen MR) is 305 cm³/mol. The normalized spacial score (nSPS) is 17.6. The molecule has 9 amide bonds. The molecule has 22 nitrogen and oxygen atoms in total. The van der Waals surface area contributed by atoms with Gasteiger partial charge in [-0.2, -0.15) is 0 Å². The van der Waals surface area contributed by atoms with E-state index < -0.39 is 114 Å². The summed E-state index contributed by atoms with van der Waals surface area (Å²) < 4.78 is 17.7. The van der Waals surface area contributed by atoms with Crippen LogP contribution in [0.4, 0.5) is 15.3 Å². The van der Waals surface area contributed by atoms with Crippen LogP contribution in [-0.4, -0.2) is 163 Å². The zero-order chi connectivity index (χ0) is 60.1. The summed E-state index contributed by atoms with van der Waals surface area (Å²) in [5.41, 5.74) is 12.8. The van der Waals surface area contributed by atoms with Gasteiger partial charge in [-0.05, 0) is 79.5 Å². The molecule has 448 valence electrons. The molecule has 0 spiro atoms. The van der Waals surface area contributed by atoms with Gasteiger partial charge in [-0.3, -0.25) is 33.7 Å². The van der Waals surface area contributed by atoms with Crippen LogP contribution in [0.25, 0.3) is 0 Å². The Morgan fingerprint density at radius 1 is 0.775 bits per heavy atom. The van der Waals surface area contributed by atoms with Crippen LogP contribution in [0.1, 0.15) is 125 Å². The standard InChI is InChI=1S/C58H94N10O12/c1-15-36(8)49(44(78-13)31-45(69)68-30-20-24-43(68)51(79-14)37(9)52(71)62-38(10)50(70)40-21-17-16-18-22-40)66(11)56(75)47(34(4)5)65-55(74)48(35(6)7)67(12)58(77)80-32-39-25-27-41(28-26-39)63-53(72)42(23-19-29-61-57(60)76)64-54(73)46(59)33(2)3/h16-18,21-22,25-28,33-38,42-44,46-51,70H,15,19-20,23-24,29-32,59H2,1-14H3,(H,62,71)(H,63,72)(H,64,73)(H,65,74)(H3,60,61,76)/t36-,37+,38+,42+,43-,44+,46+,47?,48-,49-,50+,51+/m1/s1. The van der Waals surface area contributed by atoms with Crippen LogP contribution in [0, 0.1) is 29.6 Å². The van der Waals surface area contributed by atoms with E-state index in [0.717, 1.165) is 0 Å². The van der Waals surface area contributed by atoms with Crippen molar-refractivity contribution >= 4 is 53.3 Å². The maximum Gasteiger partial charge on any atom is 0.410 e. The number of aliphatic hydroxyl groups excluding tert-OH is 1. The topological polar surface area (TPSA) is 306 Å². The summed E-state index contributed by atoms with van der Waals surface area (Å²) in [6.45, 7) is 18.7. The van der Waals surface area contributed by atoms with E-state index in [9.17, 15) is 43.5 Å². The summed E-state index contributed by atoms with van der Waals surface area (Å²) in [7, 11) is 6.12. The summed E-state index contributed by atoms with van der Waals surface area (Å²) in [4.78, 5) is 112. The lowest BCUT2D eigenvalue weighted by atomic mass is 9.89. The Morgan fingerprint density at radius 3 is 1.96 bits per heavy atom. The van der Waals surface area contributed by atoms with Gasteiger partial charge >= 0.3 is 12.1 Å². The van der Waals surface area contributed by atoms with Gasteiger partial charge in [0, 0.05) is 47.1 Å². The van der Waals surface area contributed by atoms with Crippen molar-refractivity contribution in [3.05, 3.63) is 65.7 Å². The van der Waals surface area contributed by atoms with Crippen molar-refractivity contribution < 1.29 is 57.7 Å². The molecule has 1 heterocycles. The van der Waals surface area contributed by atoms with Gasteiger partial charge in [-0.15, -0.1) is 0 Å². The SMILES string of the molecule is CC[C@@H](C)[C@H]([C@H](CC(=O)N1CCC[C@@H]1[C@@H](OC)[C@H](C)C(=O)N[C@@H](C)[C@H](O)c1ccccc1)OC)N(C)C(=O)C(NC(=O)[C@@H](C(C)C)N(C)C(=O)OCc1ccc(NC(=O)[C@H](CCCNC(N)=O)NC(=O)[C@@H](N)C(C)C)cc1)C(C)C. The Kier molecular flexibility index (Phi) is 27.8. The fraction of sp³-hybridized carbons (Fsp3) is 0.655. The lowest BCUT2D eigenvalue weighted by Crippen LogP contribution is -2.60. The molecule has 1 unspecified atom stereocenters. The third-order valence-corrected chi connectivity index (χ3v) is 15.3. The highest BCUT2D eigenvalue weighted by Gasteiger charge is 2.44. The number of methoxy groups -OCH3 is 2. The molecule has 0 bridgehead atoms. The molecule has 1 fully saturated rings. The quantitative estimate of drug-likeness (QED) is 0.0485. The van der Waals surface area contributed by atoms with Gasteiger partial charge in [0.1, 0.15) is 24.7 Å². The number of nitrogens with zero attached hydrogens (tertiary/aromatic N) is 3. The summed E-state index contributed by atoms with van der Waals surface area (Å²) in [5, 5.41) is 24.8. The first-order valence-corrected chi connectivity index (χ1v) is 28.0. The number of anilines is 1. The van der Waals surface area contributed by atoms with Gasteiger partial charge in [0.15, 0.2) is 0 Å². The smallest absolute Gasteiger partial charge is 0.410 e. The average Bonchev–Trinajstić information content (AvgIpc) is 3.91. The minimum absolute atomic E-state index is 0.0747. The highest BCUT2D eigenvalue weighted by atomic mass is 16.6. The molecule has 0 aromatic heterocycles. The van der Waals surface area contributed by atoms with Gasteiger partial charge in [-0.1, -0.05) is 111 Å². The fourth-order valence-corrected chi connectivity index (χ4v) is 10.2. The van der Waals surface area contributed by atoms with E-state index in [4.69, 9.17) is 25.7 Å². The van der Waals surface area contributed by atoms with E-state index in [0.29, 0.717) is 49.0 Å². The van der Waals surface area contributed by atoms with Crippen molar-refractivity contribution in [2.24, 2.45) is 41.1 Å². The first-order chi connectivity index (χ1) is 37.7. The Balaban J connectivity index is 1.70. The minimum Gasteiger partial charge on any atom is -0.445 e. The van der Waals surface area contributed by atoms with Crippen LogP contribution >= 0.6 is 0 Å². The van der Waals surface area contributed by atoms with Gasteiger partial charge in [-0.25, -0.2) is 9.59 Å². The number of likely N-dealkylation sites (tertiary alicyclic amines) is 1. The molecule has 0 saturated carbocycles. The number of likely N-dealkylation sites (N-methyl/N-ethyl adjacent to an activating group) is 2. The number of carbonyl (C=O) groups excluding carboxylic acids is 8. The summed E-state index contributed by atoms with van der Waals surface area (Å²) >= 11 is 0. The Hall–Kier alpha value is -6.36. The molecule has 22 heteroatoms. The summed E-state index contributed by atoms with van der Waals surface area (Å²) in [5.74, 6) is -4.32. The van der Waals surface area contributed by atoms with Crippen molar-refractivity contribution in [1.82, 2.24) is 36.0 Å². The number of hydrogen-bond acceptors (Lipinski definition) is 13. The molecule has 2 aromatic rings. The second kappa shape index (κ2) is 32.8. The summed E-state index contributed by atoms with van der Waals surface area (Å²) in [6, 6.07) is 9.37. The van der Waals surface area contributed by atoms with E-state index in [1.54, 1.807) is 94.8 Å². The highest BCUT2D eigenvalue weighted by molar-refractivity contribution is 5.98. The largest absolute Gasteiger partial charge is 0.445 e. The first-order valence-electron chi connectivity index (χ1n) is 28.0. The monoisotopic (exact) mass is 1120 g/mol. The highest BCUT2D eigenvalue weighted by Crippen LogP contribution is 2.30. The molecule has 10 N–H and O–H groups in total. The van der Waals surface area contributed by atoms with Crippen molar-refractivity contribution in [2.45, 2.75) is 175 Å². The van der Waals surface area contributed by atoms with Gasteiger partial charge in [0.2, 0.25) is 35.4 Å². The molecular formula is C58H94N10O12. The number of aliphatic hydroxyl groups is 1. The molecule has 0 radical (unpaired) electrons. The fourth-order valence-electron chi connectivity index (χ4n) is 10.2. The van der Waals surface area contributed by atoms with Crippen molar-refractivity contribution in [2.75, 3.05) is 46.7 Å². The maximum absolute atomic E-state index is 14.7. The van der Waals surface area contributed by atoms with E-state index in [2.05, 4.69) is 26.6 Å². The van der Waals surface area contributed by atoms with Crippen molar-refractivity contribution in [3.63, 3.8) is 0 Å². The number of hydrogen-bond donors (Lipinski definition) is 8. The number of carbonyl (C=O) groups is 8. The third-order valence-electron chi connectivity index (χ3n) is 15.3. The molecule has 0 aliphatic carbocycles. The predicted octanol–water partition coefficient (Wildman–Crippen LogP) is 4.43. The number of rotatable bonds is 31. The Bertz CT molecular complexity index is 2320. The number of benzene rings is 2. The number of urea groups is 1. The number of nitrogens with one attached hydrogen (secondary N) is 5. The molecule has 1 saturated heterocycles. The number of ether oxygens (including phenoxy) is 3. The molecule has 2 aromatic carbocycles.